The highest BCUT2D eigenvalue weighted by Gasteiger charge is 2.18. The molecule has 0 unspecified atom stereocenters. The maximum Gasteiger partial charge on any atom is 0.332 e. The lowest BCUT2D eigenvalue weighted by Crippen LogP contribution is -2.38. The molecule has 0 saturated carbocycles. The standard InChI is InChI=1S/C23H21N3O4S/c1-25-22-18(21(28)26(23(25)29)14-16-6-4-3-5-7-16)12-19(31-22)20(27)24-13-15-8-10-17(30-2)11-9-15/h3-12H,13-14H2,1-2H3,(H,24,27). The first-order valence-electron chi connectivity index (χ1n) is 9.66. The van der Waals surface area contributed by atoms with Crippen molar-refractivity contribution in [2.24, 2.45) is 7.05 Å². The van der Waals surface area contributed by atoms with Gasteiger partial charge in [-0.3, -0.25) is 18.7 Å². The highest BCUT2D eigenvalue weighted by molar-refractivity contribution is 7.20. The van der Waals surface area contributed by atoms with Gasteiger partial charge >= 0.3 is 5.69 Å². The third-order valence-electron chi connectivity index (χ3n) is 5.03. The van der Waals surface area contributed by atoms with Crippen molar-refractivity contribution in [3.05, 3.63) is 97.5 Å². The Hall–Kier alpha value is -3.65. The fourth-order valence-electron chi connectivity index (χ4n) is 3.31. The van der Waals surface area contributed by atoms with Crippen LogP contribution < -0.4 is 21.3 Å². The lowest BCUT2D eigenvalue weighted by Gasteiger charge is -2.08. The molecule has 4 aromatic rings. The number of nitrogens with zero attached hydrogens (tertiary/aromatic N) is 2. The molecule has 0 fully saturated rings. The Morgan fingerprint density at radius 1 is 1.03 bits per heavy atom. The Balaban J connectivity index is 1.61. The Morgan fingerprint density at radius 3 is 2.42 bits per heavy atom. The van der Waals surface area contributed by atoms with Gasteiger partial charge in [-0.2, -0.15) is 0 Å². The number of thiophene rings is 1. The van der Waals surface area contributed by atoms with Crippen LogP contribution in [0.15, 0.2) is 70.3 Å². The average molecular weight is 436 g/mol. The number of amides is 1. The number of nitrogens with one attached hydrogen (secondary N) is 1. The molecule has 2 aromatic heterocycles. The minimum atomic E-state index is -0.409. The fraction of sp³-hybridized carbons (Fsp3) is 0.174. The first-order chi connectivity index (χ1) is 15.0. The number of hydrogen-bond acceptors (Lipinski definition) is 5. The quantitative estimate of drug-likeness (QED) is 0.505. The van der Waals surface area contributed by atoms with Crippen molar-refractivity contribution >= 4 is 27.5 Å². The molecule has 158 valence electrons. The molecule has 4 rings (SSSR count). The van der Waals surface area contributed by atoms with Gasteiger partial charge in [-0.25, -0.2) is 4.79 Å². The van der Waals surface area contributed by atoms with E-state index >= 15 is 0 Å². The maximum absolute atomic E-state index is 13.0. The topological polar surface area (TPSA) is 82.3 Å². The second-order valence-electron chi connectivity index (χ2n) is 7.08. The number of rotatable bonds is 6. The van der Waals surface area contributed by atoms with Crippen LogP contribution in [-0.2, 0) is 20.1 Å². The third kappa shape index (κ3) is 4.15. The van der Waals surface area contributed by atoms with Gasteiger partial charge in [0.1, 0.15) is 10.6 Å². The van der Waals surface area contributed by atoms with Crippen LogP contribution in [0.5, 0.6) is 5.75 Å². The van der Waals surface area contributed by atoms with Crippen LogP contribution in [0.1, 0.15) is 20.8 Å². The van der Waals surface area contributed by atoms with E-state index in [4.69, 9.17) is 4.74 Å². The number of fused-ring (bicyclic) bond motifs is 1. The van der Waals surface area contributed by atoms with Crippen LogP contribution in [0.2, 0.25) is 0 Å². The SMILES string of the molecule is COc1ccc(CNC(=O)c2cc3c(=O)n(Cc4ccccc4)c(=O)n(C)c3s2)cc1. The zero-order valence-electron chi connectivity index (χ0n) is 17.1. The van der Waals surface area contributed by atoms with Gasteiger partial charge in [-0.15, -0.1) is 11.3 Å². The van der Waals surface area contributed by atoms with Gasteiger partial charge in [0.05, 0.1) is 23.9 Å². The van der Waals surface area contributed by atoms with Crippen molar-refractivity contribution in [3.63, 3.8) is 0 Å². The lowest BCUT2D eigenvalue weighted by atomic mass is 10.2. The summed E-state index contributed by atoms with van der Waals surface area (Å²) in [6.45, 7) is 0.519. The van der Waals surface area contributed by atoms with Crippen LogP contribution in [0, 0.1) is 0 Å². The second-order valence-corrected chi connectivity index (χ2v) is 8.11. The number of methoxy groups -OCH3 is 1. The van der Waals surface area contributed by atoms with E-state index in [0.29, 0.717) is 21.6 Å². The summed E-state index contributed by atoms with van der Waals surface area (Å²) in [5.74, 6) is 0.450. The molecule has 0 spiro atoms. The van der Waals surface area contributed by atoms with E-state index in [1.165, 1.54) is 9.13 Å². The Morgan fingerprint density at radius 2 is 1.74 bits per heavy atom. The average Bonchev–Trinajstić information content (AvgIpc) is 3.26. The molecule has 1 N–H and O–H groups in total. The van der Waals surface area contributed by atoms with Gasteiger partial charge < -0.3 is 10.1 Å². The third-order valence-corrected chi connectivity index (χ3v) is 6.24. The van der Waals surface area contributed by atoms with Gasteiger partial charge in [0.25, 0.3) is 11.5 Å². The number of benzene rings is 2. The van der Waals surface area contributed by atoms with Crippen LogP contribution >= 0.6 is 11.3 Å². The summed E-state index contributed by atoms with van der Waals surface area (Å²) in [4.78, 5) is 39.3. The van der Waals surface area contributed by atoms with Crippen molar-refractivity contribution in [2.45, 2.75) is 13.1 Å². The number of ether oxygens (including phenoxy) is 1. The molecule has 0 atom stereocenters. The molecule has 0 aliphatic rings. The first kappa shape index (κ1) is 20.6. The van der Waals surface area contributed by atoms with Crippen LogP contribution in [0.25, 0.3) is 10.2 Å². The van der Waals surface area contributed by atoms with Gasteiger partial charge in [0, 0.05) is 13.6 Å². The number of hydrogen-bond donors (Lipinski definition) is 1. The normalized spacial score (nSPS) is 10.9. The van der Waals surface area contributed by atoms with Crippen molar-refractivity contribution < 1.29 is 9.53 Å². The summed E-state index contributed by atoms with van der Waals surface area (Å²) in [7, 11) is 3.21. The number of aryl methyl sites for hydroxylation is 1. The molecule has 8 heteroatoms. The molecule has 0 aliphatic heterocycles. The Kier molecular flexibility index (Phi) is 5.73. The van der Waals surface area contributed by atoms with Crippen molar-refractivity contribution in [3.8, 4) is 5.75 Å². The van der Waals surface area contributed by atoms with Crippen LogP contribution in [-0.4, -0.2) is 22.2 Å². The second kappa shape index (κ2) is 8.61. The smallest absolute Gasteiger partial charge is 0.332 e. The summed E-state index contributed by atoms with van der Waals surface area (Å²) < 4.78 is 7.75. The molecule has 31 heavy (non-hydrogen) atoms. The Labute approximate surface area is 182 Å². The van der Waals surface area contributed by atoms with Crippen molar-refractivity contribution in [1.82, 2.24) is 14.5 Å². The molecule has 0 aliphatic carbocycles. The van der Waals surface area contributed by atoms with E-state index in [1.54, 1.807) is 20.2 Å². The maximum atomic E-state index is 13.0. The van der Waals surface area contributed by atoms with Crippen molar-refractivity contribution in [2.75, 3.05) is 7.11 Å². The number of aromatic nitrogens is 2. The van der Waals surface area contributed by atoms with Crippen LogP contribution in [0.4, 0.5) is 0 Å². The molecular weight excluding hydrogens is 414 g/mol. The molecule has 1 amide bonds. The summed E-state index contributed by atoms with van der Waals surface area (Å²) in [5, 5.41) is 3.22. The van der Waals surface area contributed by atoms with Crippen LogP contribution in [0.3, 0.4) is 0 Å². The van der Waals surface area contributed by atoms with E-state index < -0.39 is 11.2 Å². The molecule has 0 bridgehead atoms. The summed E-state index contributed by atoms with van der Waals surface area (Å²) >= 11 is 1.13. The molecule has 0 radical (unpaired) electrons. The van der Waals surface area contributed by atoms with Gasteiger partial charge in [-0.05, 0) is 29.3 Å². The van der Waals surface area contributed by atoms with E-state index in [9.17, 15) is 14.4 Å². The zero-order valence-corrected chi connectivity index (χ0v) is 17.9. The van der Waals surface area contributed by atoms with Gasteiger partial charge in [0.2, 0.25) is 0 Å². The van der Waals surface area contributed by atoms with E-state index in [0.717, 1.165) is 28.2 Å². The highest BCUT2D eigenvalue weighted by Crippen LogP contribution is 2.22. The number of carbonyl (C=O) groups is 1. The summed E-state index contributed by atoms with van der Waals surface area (Å²) in [5.41, 5.74) is 0.974. The predicted octanol–water partition coefficient (Wildman–Crippen LogP) is 2.75. The molecule has 2 aromatic carbocycles. The van der Waals surface area contributed by atoms with Crippen molar-refractivity contribution in [1.29, 1.82) is 0 Å². The fourth-order valence-corrected chi connectivity index (χ4v) is 4.34. The lowest BCUT2D eigenvalue weighted by molar-refractivity contribution is 0.0955. The predicted molar refractivity (Wildman–Crippen MR) is 121 cm³/mol. The van der Waals surface area contributed by atoms with Gasteiger partial charge in [-0.1, -0.05) is 42.5 Å². The zero-order chi connectivity index (χ0) is 22.0. The summed E-state index contributed by atoms with van der Waals surface area (Å²) in [6, 6.07) is 18.3. The first-order valence-corrected chi connectivity index (χ1v) is 10.5. The van der Waals surface area contributed by atoms with E-state index in [2.05, 4.69) is 5.32 Å². The monoisotopic (exact) mass is 435 g/mol. The molecule has 0 saturated heterocycles. The van der Waals surface area contributed by atoms with Gasteiger partial charge in [0.15, 0.2) is 0 Å². The Bertz CT molecular complexity index is 1350. The summed E-state index contributed by atoms with van der Waals surface area (Å²) in [6.07, 6.45) is 0. The molecule has 2 heterocycles. The van der Waals surface area contributed by atoms with E-state index in [1.807, 2.05) is 54.6 Å². The molecular formula is C23H21N3O4S. The minimum absolute atomic E-state index is 0.178. The number of carbonyl (C=O) groups excluding carboxylic acids is 1. The van der Waals surface area contributed by atoms with E-state index in [-0.39, 0.29) is 12.5 Å². The highest BCUT2D eigenvalue weighted by atomic mass is 32.1. The molecule has 7 nitrogen and oxygen atoms in total. The largest absolute Gasteiger partial charge is 0.497 e. The minimum Gasteiger partial charge on any atom is -0.497 e.